The first kappa shape index (κ1) is 23.7. The van der Waals surface area contributed by atoms with E-state index in [1.165, 1.54) is 11.1 Å². The zero-order valence-corrected chi connectivity index (χ0v) is 21.8. The number of ether oxygens (including phenoxy) is 1. The molecular formula is C28H28N4OS2. The second kappa shape index (κ2) is 10.7. The number of aromatic nitrogens is 3. The maximum atomic E-state index is 5.56. The predicted octanol–water partition coefficient (Wildman–Crippen LogP) is 6.60. The minimum absolute atomic E-state index is 0.395. The SMILES string of the molecule is CCOc1ccc(C2=NCC(CSc3nnc(-c4ccccc4)n3-c3ccc(C)c(C)c3)S2)cc1. The van der Waals surface area contributed by atoms with Gasteiger partial charge < -0.3 is 4.74 Å². The van der Waals surface area contributed by atoms with Gasteiger partial charge in [-0.05, 0) is 68.3 Å². The minimum atomic E-state index is 0.395. The maximum Gasteiger partial charge on any atom is 0.196 e. The lowest BCUT2D eigenvalue weighted by molar-refractivity contribution is 0.340. The molecule has 1 aliphatic heterocycles. The van der Waals surface area contributed by atoms with Crippen LogP contribution in [0.1, 0.15) is 23.6 Å². The molecule has 5 nitrogen and oxygen atoms in total. The van der Waals surface area contributed by atoms with Gasteiger partial charge in [-0.3, -0.25) is 9.56 Å². The quantitative estimate of drug-likeness (QED) is 0.255. The van der Waals surface area contributed by atoms with E-state index in [-0.39, 0.29) is 0 Å². The molecule has 3 aromatic carbocycles. The van der Waals surface area contributed by atoms with Gasteiger partial charge in [-0.1, -0.05) is 48.2 Å². The number of thioether (sulfide) groups is 2. The van der Waals surface area contributed by atoms with Crippen LogP contribution in [0.5, 0.6) is 5.75 Å². The Bertz CT molecular complexity index is 1330. The highest BCUT2D eigenvalue weighted by molar-refractivity contribution is 8.16. The molecule has 4 aromatic rings. The smallest absolute Gasteiger partial charge is 0.196 e. The molecule has 7 heteroatoms. The van der Waals surface area contributed by atoms with Crippen molar-refractivity contribution < 1.29 is 4.74 Å². The highest BCUT2D eigenvalue weighted by Gasteiger charge is 2.23. The van der Waals surface area contributed by atoms with Crippen molar-refractivity contribution in [3.63, 3.8) is 0 Å². The molecule has 0 bridgehead atoms. The van der Waals surface area contributed by atoms with Crippen molar-refractivity contribution in [2.45, 2.75) is 31.2 Å². The van der Waals surface area contributed by atoms with E-state index in [1.807, 2.05) is 49.0 Å². The number of hydrogen-bond donors (Lipinski definition) is 0. The van der Waals surface area contributed by atoms with Crippen molar-refractivity contribution in [3.8, 4) is 22.8 Å². The summed E-state index contributed by atoms with van der Waals surface area (Å²) >= 11 is 3.59. The van der Waals surface area contributed by atoms with Crippen LogP contribution in [-0.4, -0.2) is 44.0 Å². The number of nitrogens with zero attached hydrogens (tertiary/aromatic N) is 4. The Balaban J connectivity index is 1.33. The number of aliphatic imine (C=N–C) groups is 1. The number of hydrogen-bond acceptors (Lipinski definition) is 6. The second-order valence-electron chi connectivity index (χ2n) is 8.43. The van der Waals surface area contributed by atoms with Crippen LogP contribution in [-0.2, 0) is 0 Å². The highest BCUT2D eigenvalue weighted by atomic mass is 32.2. The minimum Gasteiger partial charge on any atom is -0.494 e. The topological polar surface area (TPSA) is 52.3 Å². The van der Waals surface area contributed by atoms with E-state index < -0.39 is 0 Å². The van der Waals surface area contributed by atoms with E-state index in [4.69, 9.17) is 9.73 Å². The van der Waals surface area contributed by atoms with Crippen molar-refractivity contribution in [3.05, 3.63) is 89.5 Å². The first-order chi connectivity index (χ1) is 17.1. The van der Waals surface area contributed by atoms with Gasteiger partial charge in [0.15, 0.2) is 11.0 Å². The summed E-state index contributed by atoms with van der Waals surface area (Å²) in [5.74, 6) is 2.67. The third kappa shape index (κ3) is 5.31. The van der Waals surface area contributed by atoms with Crippen LogP contribution in [0.4, 0.5) is 0 Å². The van der Waals surface area contributed by atoms with Gasteiger partial charge in [0.1, 0.15) is 5.75 Å². The van der Waals surface area contributed by atoms with Crippen LogP contribution in [0, 0.1) is 13.8 Å². The first-order valence-corrected chi connectivity index (χ1v) is 13.6. The summed E-state index contributed by atoms with van der Waals surface area (Å²) in [7, 11) is 0. The molecule has 35 heavy (non-hydrogen) atoms. The van der Waals surface area contributed by atoms with Crippen molar-refractivity contribution in [1.29, 1.82) is 0 Å². The molecule has 0 spiro atoms. The van der Waals surface area contributed by atoms with Crippen molar-refractivity contribution in [2.75, 3.05) is 18.9 Å². The average molecular weight is 501 g/mol. The van der Waals surface area contributed by atoms with E-state index in [0.29, 0.717) is 11.9 Å². The summed E-state index contributed by atoms with van der Waals surface area (Å²) in [6.45, 7) is 7.76. The molecular weight excluding hydrogens is 472 g/mol. The fourth-order valence-electron chi connectivity index (χ4n) is 3.93. The lowest BCUT2D eigenvalue weighted by Gasteiger charge is -2.13. The summed E-state index contributed by atoms with van der Waals surface area (Å²) in [5, 5.41) is 11.6. The Labute approximate surface area is 215 Å². The molecule has 0 amide bonds. The van der Waals surface area contributed by atoms with Crippen LogP contribution >= 0.6 is 23.5 Å². The molecule has 178 valence electrons. The molecule has 2 heterocycles. The summed E-state index contributed by atoms with van der Waals surface area (Å²) < 4.78 is 7.74. The summed E-state index contributed by atoms with van der Waals surface area (Å²) in [4.78, 5) is 4.81. The second-order valence-corrected chi connectivity index (χ2v) is 10.7. The molecule has 0 saturated carbocycles. The summed E-state index contributed by atoms with van der Waals surface area (Å²) in [6.07, 6.45) is 0. The van der Waals surface area contributed by atoms with E-state index in [0.717, 1.165) is 50.9 Å². The molecule has 0 saturated heterocycles. The Kier molecular flexibility index (Phi) is 7.25. The lowest BCUT2D eigenvalue weighted by Crippen LogP contribution is -2.08. The zero-order chi connectivity index (χ0) is 24.2. The Hall–Kier alpha value is -3.03. The standard InChI is InChI=1S/C28H28N4OS2/c1-4-33-24-14-11-22(12-15-24)27-29-17-25(35-27)18-34-28-31-30-26(21-8-6-5-7-9-21)32(28)23-13-10-19(2)20(3)16-23/h5-16,25H,4,17-18H2,1-3H3. The number of aryl methyl sites for hydroxylation is 2. The van der Waals surface area contributed by atoms with E-state index in [1.54, 1.807) is 11.8 Å². The van der Waals surface area contributed by atoms with Gasteiger partial charge >= 0.3 is 0 Å². The van der Waals surface area contributed by atoms with Crippen LogP contribution in [0.25, 0.3) is 17.1 Å². The average Bonchev–Trinajstić information content (AvgIpc) is 3.53. The van der Waals surface area contributed by atoms with Gasteiger partial charge in [-0.2, -0.15) is 0 Å². The van der Waals surface area contributed by atoms with Crippen LogP contribution in [0.2, 0.25) is 0 Å². The van der Waals surface area contributed by atoms with Gasteiger partial charge in [0.25, 0.3) is 0 Å². The van der Waals surface area contributed by atoms with Crippen molar-refractivity contribution in [2.24, 2.45) is 4.99 Å². The molecule has 1 atom stereocenters. The van der Waals surface area contributed by atoms with E-state index >= 15 is 0 Å². The normalized spacial score (nSPS) is 15.3. The maximum absolute atomic E-state index is 5.56. The predicted molar refractivity (Wildman–Crippen MR) is 147 cm³/mol. The Morgan fingerprint density at radius 3 is 2.49 bits per heavy atom. The van der Waals surface area contributed by atoms with Gasteiger partial charge in [-0.15, -0.1) is 22.0 Å². The van der Waals surface area contributed by atoms with Crippen LogP contribution < -0.4 is 4.74 Å². The molecule has 0 fully saturated rings. The van der Waals surface area contributed by atoms with E-state index in [9.17, 15) is 0 Å². The fraction of sp³-hybridized carbons (Fsp3) is 0.250. The first-order valence-electron chi connectivity index (χ1n) is 11.8. The third-order valence-electron chi connectivity index (χ3n) is 5.94. The van der Waals surface area contributed by atoms with Gasteiger partial charge in [0.2, 0.25) is 0 Å². The fourth-order valence-corrected chi connectivity index (χ4v) is 6.15. The Morgan fingerprint density at radius 1 is 0.943 bits per heavy atom. The monoisotopic (exact) mass is 500 g/mol. The van der Waals surface area contributed by atoms with Gasteiger partial charge in [0.05, 0.1) is 23.9 Å². The van der Waals surface area contributed by atoms with Gasteiger partial charge in [-0.25, -0.2) is 0 Å². The molecule has 5 rings (SSSR count). The molecule has 1 aliphatic rings. The lowest BCUT2D eigenvalue weighted by atomic mass is 10.1. The van der Waals surface area contributed by atoms with Crippen molar-refractivity contribution >= 4 is 28.6 Å². The Morgan fingerprint density at radius 2 is 1.74 bits per heavy atom. The molecule has 0 radical (unpaired) electrons. The highest BCUT2D eigenvalue weighted by Crippen LogP contribution is 2.33. The summed E-state index contributed by atoms with van der Waals surface area (Å²) in [6, 6.07) is 25.0. The largest absolute Gasteiger partial charge is 0.494 e. The van der Waals surface area contributed by atoms with Crippen molar-refractivity contribution in [1.82, 2.24) is 14.8 Å². The van der Waals surface area contributed by atoms with Crippen LogP contribution in [0.3, 0.4) is 0 Å². The van der Waals surface area contributed by atoms with Gasteiger partial charge in [0, 0.05) is 22.1 Å². The zero-order valence-electron chi connectivity index (χ0n) is 20.1. The summed E-state index contributed by atoms with van der Waals surface area (Å²) in [5.41, 5.74) is 5.83. The molecule has 0 aliphatic carbocycles. The molecule has 1 aromatic heterocycles. The molecule has 0 N–H and O–H groups in total. The number of rotatable bonds is 8. The van der Waals surface area contributed by atoms with Crippen LogP contribution in [0.15, 0.2) is 82.9 Å². The third-order valence-corrected chi connectivity index (χ3v) is 8.48. The van der Waals surface area contributed by atoms with E-state index in [2.05, 4.69) is 71.1 Å². The molecule has 1 unspecified atom stereocenters. The number of benzene rings is 3.